The van der Waals surface area contributed by atoms with E-state index in [1.54, 1.807) is 26.0 Å². The molecule has 0 bridgehead atoms. The number of carbonyl (C=O) groups is 4. The number of phenolic OH excluding ortho intramolecular Hbond substituents is 1. The van der Waals surface area contributed by atoms with Crippen LogP contribution in [-0.4, -0.2) is 63.4 Å². The van der Waals surface area contributed by atoms with Crippen LogP contribution in [0.3, 0.4) is 0 Å². The molecule has 12 heteroatoms. The Balaban J connectivity index is 1.84. The minimum Gasteiger partial charge on any atom is -0.508 e. The number of aromatic hydroxyl groups is 1. The van der Waals surface area contributed by atoms with Gasteiger partial charge in [-0.25, -0.2) is 0 Å². The first-order chi connectivity index (χ1) is 18.0. The second-order valence-corrected chi connectivity index (χ2v) is 12.6. The zero-order valence-electron chi connectivity index (χ0n) is 21.2. The van der Waals surface area contributed by atoms with Gasteiger partial charge in [0.2, 0.25) is 23.6 Å². The fourth-order valence-electron chi connectivity index (χ4n) is 3.87. The van der Waals surface area contributed by atoms with E-state index in [4.69, 9.17) is 11.5 Å². The van der Waals surface area contributed by atoms with Crippen molar-refractivity contribution in [3.63, 3.8) is 0 Å². The minimum absolute atomic E-state index is 0.102. The summed E-state index contributed by atoms with van der Waals surface area (Å²) in [5.74, 6) is -2.04. The minimum atomic E-state index is -1.05. The number of phenols is 1. The quantitative estimate of drug-likeness (QED) is 0.267. The summed E-state index contributed by atoms with van der Waals surface area (Å²) in [5, 5.41) is 17.7. The molecule has 3 rings (SSSR count). The molecule has 1 aliphatic heterocycles. The van der Waals surface area contributed by atoms with Crippen LogP contribution in [0.25, 0.3) is 0 Å². The zero-order valence-corrected chi connectivity index (χ0v) is 22.8. The molecule has 4 amide bonds. The van der Waals surface area contributed by atoms with Gasteiger partial charge in [-0.15, -0.1) is 0 Å². The van der Waals surface area contributed by atoms with Crippen molar-refractivity contribution in [1.82, 2.24) is 16.0 Å². The largest absolute Gasteiger partial charge is 0.508 e. The lowest BCUT2D eigenvalue weighted by atomic mass is 9.99. The molecule has 0 radical (unpaired) electrons. The predicted octanol–water partition coefficient (Wildman–Crippen LogP) is 0.618. The van der Waals surface area contributed by atoms with E-state index in [2.05, 4.69) is 16.0 Å². The molecule has 2 aromatic rings. The van der Waals surface area contributed by atoms with Gasteiger partial charge in [0.15, 0.2) is 0 Å². The molecule has 10 nitrogen and oxygen atoms in total. The molecular formula is C26H33N5O5S2. The molecule has 2 aromatic carbocycles. The van der Waals surface area contributed by atoms with E-state index in [0.717, 1.165) is 11.1 Å². The van der Waals surface area contributed by atoms with Crippen LogP contribution in [0.1, 0.15) is 25.0 Å². The van der Waals surface area contributed by atoms with Crippen molar-refractivity contribution in [2.45, 2.75) is 55.6 Å². The number of rotatable bonds is 7. The number of amides is 4. The maximum atomic E-state index is 13.6. The maximum Gasteiger partial charge on any atom is 0.244 e. The van der Waals surface area contributed by atoms with Gasteiger partial charge in [0.05, 0.1) is 6.04 Å². The summed E-state index contributed by atoms with van der Waals surface area (Å²) < 4.78 is -0.852. The molecule has 1 unspecified atom stereocenters. The summed E-state index contributed by atoms with van der Waals surface area (Å²) in [6, 6.07) is 11.5. The second kappa shape index (κ2) is 13.0. The Morgan fingerprint density at radius 2 is 1.71 bits per heavy atom. The van der Waals surface area contributed by atoms with Gasteiger partial charge in [-0.1, -0.05) is 64.1 Å². The standard InChI is InChI=1S/C26H33N5O5S2/c1-26(2)21(31-23(34)18(27)12-16-8-10-17(32)11-9-16)25(36)29-19(13-15-6-4-3-5-7-15)24(35)30-20(22(28)33)14-37-38-26/h3-11,18-21,32H,12-14,27H2,1-2H3,(H2,28,33)(H,29,36)(H,30,35)(H,31,34)/t18-,19?,20+,21-/m0/s1. The van der Waals surface area contributed by atoms with Crippen molar-refractivity contribution in [2.24, 2.45) is 11.5 Å². The van der Waals surface area contributed by atoms with Crippen molar-refractivity contribution >= 4 is 45.2 Å². The van der Waals surface area contributed by atoms with Gasteiger partial charge < -0.3 is 32.5 Å². The highest BCUT2D eigenvalue weighted by Gasteiger charge is 2.41. The molecular weight excluding hydrogens is 526 g/mol. The Morgan fingerprint density at radius 3 is 2.34 bits per heavy atom. The van der Waals surface area contributed by atoms with E-state index in [1.165, 1.54) is 33.7 Å². The summed E-state index contributed by atoms with van der Waals surface area (Å²) >= 11 is 0. The molecule has 1 heterocycles. The third-order valence-electron chi connectivity index (χ3n) is 6.06. The molecule has 1 saturated heterocycles. The van der Waals surface area contributed by atoms with E-state index < -0.39 is 52.5 Å². The van der Waals surface area contributed by atoms with Gasteiger partial charge in [-0.3, -0.25) is 19.2 Å². The van der Waals surface area contributed by atoms with Gasteiger partial charge in [-0.2, -0.15) is 0 Å². The number of benzene rings is 2. The first-order valence-corrected chi connectivity index (χ1v) is 14.4. The third kappa shape index (κ3) is 8.14. The first-order valence-electron chi connectivity index (χ1n) is 12.0. The lowest BCUT2D eigenvalue weighted by Crippen LogP contribution is -2.62. The monoisotopic (exact) mass is 559 g/mol. The lowest BCUT2D eigenvalue weighted by Gasteiger charge is -2.34. The third-order valence-corrected chi connectivity index (χ3v) is 9.36. The lowest BCUT2D eigenvalue weighted by molar-refractivity contribution is -0.133. The van der Waals surface area contributed by atoms with Crippen molar-refractivity contribution in [3.8, 4) is 5.75 Å². The van der Waals surface area contributed by atoms with Crippen LogP contribution in [0.4, 0.5) is 0 Å². The number of nitrogens with one attached hydrogen (secondary N) is 3. The molecule has 0 aliphatic carbocycles. The second-order valence-electron chi connectivity index (χ2n) is 9.60. The number of hydrogen-bond acceptors (Lipinski definition) is 8. The maximum absolute atomic E-state index is 13.6. The Kier molecular flexibility index (Phi) is 10.1. The normalized spacial score (nSPS) is 22.8. The van der Waals surface area contributed by atoms with E-state index in [9.17, 15) is 24.3 Å². The highest BCUT2D eigenvalue weighted by Crippen LogP contribution is 2.39. The van der Waals surface area contributed by atoms with Crippen LogP contribution >= 0.6 is 21.6 Å². The van der Waals surface area contributed by atoms with Gasteiger partial charge >= 0.3 is 0 Å². The Hall–Kier alpha value is -3.22. The number of hydrogen-bond donors (Lipinski definition) is 6. The van der Waals surface area contributed by atoms with Crippen LogP contribution < -0.4 is 27.4 Å². The van der Waals surface area contributed by atoms with Crippen LogP contribution in [-0.2, 0) is 32.0 Å². The molecule has 1 aliphatic rings. The van der Waals surface area contributed by atoms with Gasteiger partial charge in [0.1, 0.15) is 23.9 Å². The molecule has 0 saturated carbocycles. The summed E-state index contributed by atoms with van der Waals surface area (Å²) in [6.07, 6.45) is 0.369. The highest BCUT2D eigenvalue weighted by molar-refractivity contribution is 8.77. The first kappa shape index (κ1) is 29.3. The molecule has 0 aromatic heterocycles. The van der Waals surface area contributed by atoms with Gasteiger partial charge in [0.25, 0.3) is 0 Å². The average molecular weight is 560 g/mol. The van der Waals surface area contributed by atoms with Crippen LogP contribution in [0.15, 0.2) is 54.6 Å². The van der Waals surface area contributed by atoms with Crippen LogP contribution in [0, 0.1) is 0 Å². The van der Waals surface area contributed by atoms with Gasteiger partial charge in [0, 0.05) is 16.9 Å². The summed E-state index contributed by atoms with van der Waals surface area (Å²) in [7, 11) is 2.57. The molecule has 1 fully saturated rings. The number of primary amides is 1. The van der Waals surface area contributed by atoms with Crippen LogP contribution in [0.5, 0.6) is 5.75 Å². The molecule has 204 valence electrons. The van der Waals surface area contributed by atoms with E-state index in [-0.39, 0.29) is 24.3 Å². The highest BCUT2D eigenvalue weighted by atomic mass is 33.1. The Labute approximate surface area is 229 Å². The Morgan fingerprint density at radius 1 is 1.05 bits per heavy atom. The molecule has 38 heavy (non-hydrogen) atoms. The molecule has 8 N–H and O–H groups in total. The summed E-state index contributed by atoms with van der Waals surface area (Å²) in [6.45, 7) is 3.58. The average Bonchev–Trinajstić information content (AvgIpc) is 2.88. The summed E-state index contributed by atoms with van der Waals surface area (Å²) in [4.78, 5) is 51.8. The molecule has 4 atom stereocenters. The van der Waals surface area contributed by atoms with Gasteiger partial charge in [-0.05, 0) is 43.5 Å². The predicted molar refractivity (Wildman–Crippen MR) is 149 cm³/mol. The topological polar surface area (TPSA) is 177 Å². The molecule has 0 spiro atoms. The van der Waals surface area contributed by atoms with Crippen molar-refractivity contribution < 1.29 is 24.3 Å². The SMILES string of the molecule is CC1(C)SSC[C@H](C(N)=O)NC(=O)C(Cc2ccccc2)NC(=O)[C@@H]1NC(=O)[C@@H](N)Cc1ccc(O)cc1. The van der Waals surface area contributed by atoms with Crippen molar-refractivity contribution in [2.75, 3.05) is 5.75 Å². The fourth-order valence-corrected chi connectivity index (χ4v) is 6.70. The number of carbonyl (C=O) groups excluding carboxylic acids is 4. The van der Waals surface area contributed by atoms with E-state index in [0.29, 0.717) is 0 Å². The Bertz CT molecular complexity index is 1150. The fraction of sp³-hybridized carbons (Fsp3) is 0.385. The number of nitrogens with two attached hydrogens (primary N) is 2. The smallest absolute Gasteiger partial charge is 0.244 e. The van der Waals surface area contributed by atoms with Crippen molar-refractivity contribution in [3.05, 3.63) is 65.7 Å². The van der Waals surface area contributed by atoms with E-state index >= 15 is 0 Å². The van der Waals surface area contributed by atoms with E-state index in [1.807, 2.05) is 30.3 Å². The summed E-state index contributed by atoms with van der Waals surface area (Å²) in [5.41, 5.74) is 13.2. The zero-order chi connectivity index (χ0) is 27.9. The van der Waals surface area contributed by atoms with Crippen molar-refractivity contribution in [1.29, 1.82) is 0 Å². The van der Waals surface area contributed by atoms with Crippen LogP contribution in [0.2, 0.25) is 0 Å².